The SMILES string of the molecule is COc1cc(F)cc(CC(=O)C2CC3CCC(C2)O3)c1. The van der Waals surface area contributed by atoms with E-state index >= 15 is 0 Å². The number of methoxy groups -OCH3 is 1. The second kappa shape index (κ2) is 5.52. The van der Waals surface area contributed by atoms with Crippen molar-refractivity contribution >= 4 is 5.78 Å². The number of benzene rings is 1. The average Bonchev–Trinajstić information content (AvgIpc) is 2.76. The number of hydrogen-bond donors (Lipinski definition) is 0. The molecule has 1 aromatic rings. The predicted molar refractivity (Wildman–Crippen MR) is 72.3 cm³/mol. The number of halogens is 1. The van der Waals surface area contributed by atoms with Crippen LogP contribution in [0.3, 0.4) is 0 Å². The number of ether oxygens (including phenoxy) is 2. The second-order valence-electron chi connectivity index (χ2n) is 5.77. The Morgan fingerprint density at radius 3 is 2.65 bits per heavy atom. The van der Waals surface area contributed by atoms with Gasteiger partial charge in [-0.05, 0) is 43.4 Å². The van der Waals surface area contributed by atoms with Crippen LogP contribution in [0.4, 0.5) is 4.39 Å². The molecule has 2 aliphatic rings. The van der Waals surface area contributed by atoms with Gasteiger partial charge in [-0.3, -0.25) is 4.79 Å². The minimum atomic E-state index is -0.362. The molecule has 0 saturated carbocycles. The zero-order valence-electron chi connectivity index (χ0n) is 11.6. The number of hydrogen-bond acceptors (Lipinski definition) is 3. The Balaban J connectivity index is 1.68. The number of ketones is 1. The molecule has 0 aliphatic carbocycles. The molecular formula is C16H19FO3. The lowest BCUT2D eigenvalue weighted by Gasteiger charge is -2.27. The number of carbonyl (C=O) groups is 1. The Bertz CT molecular complexity index is 502. The lowest BCUT2D eigenvalue weighted by Crippen LogP contribution is -2.30. The highest BCUT2D eigenvalue weighted by molar-refractivity contribution is 5.83. The highest BCUT2D eigenvalue weighted by Gasteiger charge is 2.37. The summed E-state index contributed by atoms with van der Waals surface area (Å²) < 4.78 is 24.2. The normalized spacial score (nSPS) is 28.4. The van der Waals surface area contributed by atoms with Crippen LogP contribution in [-0.4, -0.2) is 25.1 Å². The number of rotatable bonds is 4. The molecule has 2 unspecified atom stereocenters. The third-order valence-electron chi connectivity index (χ3n) is 4.29. The van der Waals surface area contributed by atoms with Crippen molar-refractivity contribution in [2.45, 2.75) is 44.3 Å². The standard InChI is InChI=1S/C16H19FO3/c1-19-15-5-10(4-12(17)9-15)6-16(18)11-7-13-2-3-14(8-11)20-13/h4-5,9,11,13-14H,2-3,6-8H2,1H3. The van der Waals surface area contributed by atoms with Crippen LogP contribution in [0.25, 0.3) is 0 Å². The molecule has 2 saturated heterocycles. The molecule has 0 amide bonds. The highest BCUT2D eigenvalue weighted by atomic mass is 19.1. The molecule has 3 rings (SSSR count). The first kappa shape index (κ1) is 13.6. The van der Waals surface area contributed by atoms with E-state index in [-0.39, 0.29) is 36.1 Å². The Kier molecular flexibility index (Phi) is 3.74. The minimum Gasteiger partial charge on any atom is -0.497 e. The van der Waals surface area contributed by atoms with Crippen LogP contribution in [0.2, 0.25) is 0 Å². The number of Topliss-reactive ketones (excluding diaryl/α,β-unsaturated/α-hetero) is 1. The smallest absolute Gasteiger partial charge is 0.140 e. The summed E-state index contributed by atoms with van der Waals surface area (Å²) in [7, 11) is 1.50. The molecule has 1 aromatic carbocycles. The maximum Gasteiger partial charge on any atom is 0.140 e. The van der Waals surface area contributed by atoms with Gasteiger partial charge in [-0.2, -0.15) is 0 Å². The van der Waals surface area contributed by atoms with Crippen LogP contribution in [0, 0.1) is 11.7 Å². The molecule has 2 heterocycles. The largest absolute Gasteiger partial charge is 0.497 e. The topological polar surface area (TPSA) is 35.5 Å². The van der Waals surface area contributed by atoms with Gasteiger partial charge in [0.25, 0.3) is 0 Å². The Morgan fingerprint density at radius 2 is 2.00 bits per heavy atom. The maximum atomic E-state index is 13.4. The molecule has 0 radical (unpaired) electrons. The van der Waals surface area contributed by atoms with Gasteiger partial charge in [0.15, 0.2) is 0 Å². The van der Waals surface area contributed by atoms with E-state index in [0.717, 1.165) is 25.7 Å². The van der Waals surface area contributed by atoms with Crippen molar-refractivity contribution in [1.29, 1.82) is 0 Å². The number of fused-ring (bicyclic) bond motifs is 2. The fraction of sp³-hybridized carbons (Fsp3) is 0.562. The molecule has 2 fully saturated rings. The molecule has 108 valence electrons. The lowest BCUT2D eigenvalue weighted by molar-refractivity contribution is -0.127. The Labute approximate surface area is 118 Å². The van der Waals surface area contributed by atoms with Crippen LogP contribution < -0.4 is 4.74 Å². The van der Waals surface area contributed by atoms with E-state index in [4.69, 9.17) is 9.47 Å². The van der Waals surface area contributed by atoms with E-state index in [1.165, 1.54) is 19.2 Å². The Morgan fingerprint density at radius 1 is 1.30 bits per heavy atom. The minimum absolute atomic E-state index is 0.0653. The van der Waals surface area contributed by atoms with Crippen molar-refractivity contribution in [1.82, 2.24) is 0 Å². The highest BCUT2D eigenvalue weighted by Crippen LogP contribution is 2.36. The maximum absolute atomic E-state index is 13.4. The Hall–Kier alpha value is -1.42. The zero-order chi connectivity index (χ0) is 14.1. The van der Waals surface area contributed by atoms with Crippen molar-refractivity contribution in [3.8, 4) is 5.75 Å². The summed E-state index contributed by atoms with van der Waals surface area (Å²) >= 11 is 0. The van der Waals surface area contributed by atoms with Crippen molar-refractivity contribution in [3.05, 3.63) is 29.6 Å². The molecule has 4 heteroatoms. The van der Waals surface area contributed by atoms with Gasteiger partial charge in [0, 0.05) is 18.4 Å². The molecular weight excluding hydrogens is 259 g/mol. The summed E-state index contributed by atoms with van der Waals surface area (Å²) in [5.41, 5.74) is 0.686. The van der Waals surface area contributed by atoms with Crippen molar-refractivity contribution < 1.29 is 18.7 Å². The number of carbonyl (C=O) groups excluding carboxylic acids is 1. The van der Waals surface area contributed by atoms with E-state index in [2.05, 4.69) is 0 Å². The van der Waals surface area contributed by atoms with Crippen molar-refractivity contribution in [2.24, 2.45) is 5.92 Å². The quantitative estimate of drug-likeness (QED) is 0.849. The van der Waals surface area contributed by atoms with Gasteiger partial charge >= 0.3 is 0 Å². The third kappa shape index (κ3) is 2.85. The zero-order valence-corrected chi connectivity index (χ0v) is 11.6. The lowest BCUT2D eigenvalue weighted by atomic mass is 9.88. The summed E-state index contributed by atoms with van der Waals surface area (Å²) in [5.74, 6) is 0.354. The van der Waals surface area contributed by atoms with E-state index in [0.29, 0.717) is 11.3 Å². The van der Waals surface area contributed by atoms with E-state index in [1.807, 2.05) is 0 Å². The van der Waals surface area contributed by atoms with E-state index < -0.39 is 0 Å². The molecule has 2 bridgehead atoms. The molecule has 0 spiro atoms. The monoisotopic (exact) mass is 278 g/mol. The van der Waals surface area contributed by atoms with E-state index in [1.54, 1.807) is 6.07 Å². The summed E-state index contributed by atoms with van der Waals surface area (Å²) in [5, 5.41) is 0. The summed E-state index contributed by atoms with van der Waals surface area (Å²) in [6.45, 7) is 0. The average molecular weight is 278 g/mol. The molecule has 0 N–H and O–H groups in total. The van der Waals surface area contributed by atoms with Gasteiger partial charge in [0.2, 0.25) is 0 Å². The van der Waals surface area contributed by atoms with Crippen molar-refractivity contribution in [2.75, 3.05) is 7.11 Å². The van der Waals surface area contributed by atoms with Crippen LogP contribution in [0.1, 0.15) is 31.2 Å². The molecule has 0 aromatic heterocycles. The fourth-order valence-corrected chi connectivity index (χ4v) is 3.31. The van der Waals surface area contributed by atoms with Gasteiger partial charge in [-0.25, -0.2) is 4.39 Å². The van der Waals surface area contributed by atoms with E-state index in [9.17, 15) is 9.18 Å². The van der Waals surface area contributed by atoms with Gasteiger partial charge < -0.3 is 9.47 Å². The molecule has 20 heavy (non-hydrogen) atoms. The molecule has 3 nitrogen and oxygen atoms in total. The van der Waals surface area contributed by atoms with Crippen LogP contribution >= 0.6 is 0 Å². The van der Waals surface area contributed by atoms with Gasteiger partial charge in [-0.15, -0.1) is 0 Å². The molecule has 2 atom stereocenters. The fourth-order valence-electron chi connectivity index (χ4n) is 3.31. The molecule has 2 aliphatic heterocycles. The van der Waals surface area contributed by atoms with Gasteiger partial charge in [-0.1, -0.05) is 0 Å². The van der Waals surface area contributed by atoms with Crippen LogP contribution in [-0.2, 0) is 16.0 Å². The van der Waals surface area contributed by atoms with Crippen LogP contribution in [0.15, 0.2) is 18.2 Å². The van der Waals surface area contributed by atoms with Crippen molar-refractivity contribution in [3.63, 3.8) is 0 Å². The summed E-state index contributed by atoms with van der Waals surface area (Å²) in [4.78, 5) is 12.4. The second-order valence-corrected chi connectivity index (χ2v) is 5.77. The first-order valence-electron chi connectivity index (χ1n) is 7.15. The first-order chi connectivity index (χ1) is 9.64. The summed E-state index contributed by atoms with van der Waals surface area (Å²) in [6.07, 6.45) is 4.57. The van der Waals surface area contributed by atoms with Gasteiger partial charge in [0.1, 0.15) is 17.3 Å². The van der Waals surface area contributed by atoms with Crippen LogP contribution in [0.5, 0.6) is 5.75 Å². The summed E-state index contributed by atoms with van der Waals surface area (Å²) in [6, 6.07) is 4.46. The van der Waals surface area contributed by atoms with Gasteiger partial charge in [0.05, 0.1) is 19.3 Å². The predicted octanol–water partition coefficient (Wildman–Crippen LogP) is 2.90. The third-order valence-corrected chi connectivity index (χ3v) is 4.29. The first-order valence-corrected chi connectivity index (χ1v) is 7.15.